The van der Waals surface area contributed by atoms with Crippen LogP contribution in [0, 0.1) is 0 Å². The molecule has 58 heavy (non-hydrogen) atoms. The molecule has 0 atom stereocenters. The van der Waals surface area contributed by atoms with E-state index >= 15 is 0 Å². The fourth-order valence-corrected chi connectivity index (χ4v) is 9.93. The van der Waals surface area contributed by atoms with E-state index in [0.29, 0.717) is 17.2 Å². The number of ether oxygens (including phenoxy) is 2. The molecule has 0 radical (unpaired) electrons. The van der Waals surface area contributed by atoms with Gasteiger partial charge < -0.3 is 14.4 Å². The molecule has 3 nitrogen and oxygen atoms in total. The molecule has 0 saturated heterocycles. The normalized spacial score (nSPS) is 14.7. The van der Waals surface area contributed by atoms with Gasteiger partial charge in [-0.1, -0.05) is 158 Å². The van der Waals surface area contributed by atoms with Gasteiger partial charge in [0.05, 0.1) is 11.1 Å². The summed E-state index contributed by atoms with van der Waals surface area (Å²) in [6.07, 6.45) is 6.59. The minimum absolute atomic E-state index is 0.460. The van der Waals surface area contributed by atoms with E-state index in [2.05, 4.69) is 199 Å². The van der Waals surface area contributed by atoms with E-state index in [-0.39, 0.29) is 0 Å². The van der Waals surface area contributed by atoms with Crippen molar-refractivity contribution in [2.24, 2.45) is 0 Å². The van der Waals surface area contributed by atoms with Gasteiger partial charge in [0.25, 0.3) is 0 Å². The van der Waals surface area contributed by atoms with Crippen molar-refractivity contribution in [2.45, 2.75) is 18.3 Å². The van der Waals surface area contributed by atoms with Crippen molar-refractivity contribution in [2.75, 3.05) is 4.90 Å². The summed E-state index contributed by atoms with van der Waals surface area (Å²) in [4.78, 5) is 2.33. The molecule has 0 N–H and O–H groups in total. The third-order valence-corrected chi connectivity index (χ3v) is 12.4. The summed E-state index contributed by atoms with van der Waals surface area (Å²) in [5, 5.41) is 0. The number of nitrogens with zero attached hydrogens (tertiary/aromatic N) is 1. The highest BCUT2D eigenvalue weighted by Crippen LogP contribution is 2.65. The van der Waals surface area contributed by atoms with Gasteiger partial charge in [-0.2, -0.15) is 0 Å². The number of hydrogen-bond donors (Lipinski definition) is 0. The molecule has 4 aliphatic rings. The summed E-state index contributed by atoms with van der Waals surface area (Å²) in [5.74, 6) is 2.82. The lowest BCUT2D eigenvalue weighted by atomic mass is 9.70. The Balaban J connectivity index is 1.01. The number of benzene rings is 8. The lowest BCUT2D eigenvalue weighted by molar-refractivity contribution is 0.360. The summed E-state index contributed by atoms with van der Waals surface area (Å²) in [6.45, 7) is 0. The first kappa shape index (κ1) is 32.8. The average Bonchev–Trinajstić information content (AvgIpc) is 3.75. The van der Waals surface area contributed by atoms with Gasteiger partial charge in [0.1, 0.15) is 0 Å². The fourth-order valence-electron chi connectivity index (χ4n) is 9.93. The van der Waals surface area contributed by atoms with Crippen molar-refractivity contribution >= 4 is 16.9 Å². The molecule has 274 valence electrons. The van der Waals surface area contributed by atoms with Crippen molar-refractivity contribution in [3.8, 4) is 56.4 Å². The lowest BCUT2D eigenvalue weighted by Crippen LogP contribution is -2.26. The molecule has 3 aliphatic carbocycles. The van der Waals surface area contributed by atoms with Crippen LogP contribution in [0.2, 0.25) is 0 Å². The van der Waals surface area contributed by atoms with Gasteiger partial charge in [-0.15, -0.1) is 0 Å². The van der Waals surface area contributed by atoms with Crippen molar-refractivity contribution in [3.05, 3.63) is 234 Å². The molecule has 0 aromatic heterocycles. The molecule has 8 aromatic rings. The van der Waals surface area contributed by atoms with Crippen LogP contribution < -0.4 is 14.4 Å². The Hall–Kier alpha value is -7.36. The largest absolute Gasteiger partial charge is 0.449 e. The van der Waals surface area contributed by atoms with Crippen molar-refractivity contribution in [1.82, 2.24) is 0 Å². The quantitative estimate of drug-likeness (QED) is 0.175. The summed E-state index contributed by atoms with van der Waals surface area (Å²) in [7, 11) is 0. The Bertz CT molecular complexity index is 2950. The predicted molar refractivity (Wildman–Crippen MR) is 235 cm³/mol. The van der Waals surface area contributed by atoms with Crippen LogP contribution in [0.25, 0.3) is 39.0 Å². The molecule has 3 heteroatoms. The molecule has 0 bridgehead atoms. The first-order chi connectivity index (χ1) is 28.8. The maximum absolute atomic E-state index is 7.12. The van der Waals surface area contributed by atoms with Crippen molar-refractivity contribution in [3.63, 3.8) is 0 Å². The highest BCUT2D eigenvalue weighted by molar-refractivity contribution is 5.96. The van der Waals surface area contributed by atoms with Gasteiger partial charge >= 0.3 is 0 Å². The Kier molecular flexibility index (Phi) is 7.27. The van der Waals surface area contributed by atoms with Crippen LogP contribution in [0.15, 0.2) is 206 Å². The molecule has 8 aromatic carbocycles. The zero-order chi connectivity index (χ0) is 38.2. The van der Waals surface area contributed by atoms with E-state index in [0.717, 1.165) is 35.7 Å². The van der Waals surface area contributed by atoms with Crippen LogP contribution in [0.1, 0.15) is 40.7 Å². The topological polar surface area (TPSA) is 21.7 Å². The average molecular weight is 744 g/mol. The Morgan fingerprint density at radius 3 is 1.67 bits per heavy atom. The van der Waals surface area contributed by atoms with Crippen LogP contribution in [0.4, 0.5) is 11.4 Å². The van der Waals surface area contributed by atoms with E-state index in [1.165, 1.54) is 66.8 Å². The molecule has 0 amide bonds. The van der Waals surface area contributed by atoms with E-state index in [1.807, 2.05) is 6.07 Å². The Morgan fingerprint density at radius 2 is 1.00 bits per heavy atom. The van der Waals surface area contributed by atoms with Crippen molar-refractivity contribution < 1.29 is 9.47 Å². The third kappa shape index (κ3) is 4.80. The number of allylic oxidation sites excluding steroid dienone is 3. The monoisotopic (exact) mass is 743 g/mol. The second kappa shape index (κ2) is 12.8. The van der Waals surface area contributed by atoms with Gasteiger partial charge in [-0.3, -0.25) is 0 Å². The van der Waals surface area contributed by atoms with Crippen LogP contribution in [-0.4, -0.2) is 0 Å². The van der Waals surface area contributed by atoms with Crippen LogP contribution >= 0.6 is 0 Å². The highest BCUT2D eigenvalue weighted by Gasteiger charge is 2.52. The lowest BCUT2D eigenvalue weighted by Gasteiger charge is -2.33. The Labute approximate surface area is 338 Å². The second-order valence-electron chi connectivity index (χ2n) is 15.5. The fraction of sp³-hybridized carbons (Fsp3) is 0.0545. The molecule has 12 rings (SSSR count). The molecule has 0 saturated carbocycles. The molecule has 0 unspecified atom stereocenters. The minimum Gasteiger partial charge on any atom is -0.449 e. The van der Waals surface area contributed by atoms with Gasteiger partial charge in [0, 0.05) is 11.4 Å². The van der Waals surface area contributed by atoms with Crippen LogP contribution in [0.5, 0.6) is 23.0 Å². The van der Waals surface area contributed by atoms with E-state index in [4.69, 9.17) is 9.47 Å². The van der Waals surface area contributed by atoms with E-state index in [9.17, 15) is 0 Å². The smallest absolute Gasteiger partial charge is 0.194 e. The number of fused-ring (bicyclic) bond motifs is 12. The predicted octanol–water partition coefficient (Wildman–Crippen LogP) is 14.5. The molecule has 0 fully saturated rings. The maximum Gasteiger partial charge on any atom is 0.194 e. The third-order valence-electron chi connectivity index (χ3n) is 12.4. The molecule has 1 aliphatic heterocycles. The summed E-state index contributed by atoms with van der Waals surface area (Å²) >= 11 is 0. The van der Waals surface area contributed by atoms with Gasteiger partial charge in [-0.25, -0.2) is 0 Å². The molecule has 1 heterocycles. The molecular weight excluding hydrogens is 707 g/mol. The maximum atomic E-state index is 7.12. The van der Waals surface area contributed by atoms with Gasteiger partial charge in [-0.05, 0) is 122 Å². The molecular formula is C55H37NO2. The Morgan fingerprint density at radius 1 is 0.431 bits per heavy atom. The van der Waals surface area contributed by atoms with Gasteiger partial charge in [0.15, 0.2) is 23.0 Å². The van der Waals surface area contributed by atoms with Crippen LogP contribution in [0.3, 0.4) is 0 Å². The number of anilines is 2. The highest BCUT2D eigenvalue weighted by atomic mass is 16.6. The van der Waals surface area contributed by atoms with Crippen molar-refractivity contribution in [1.29, 1.82) is 0 Å². The van der Waals surface area contributed by atoms with Crippen LogP contribution in [-0.2, 0) is 5.41 Å². The van der Waals surface area contributed by atoms with Gasteiger partial charge in [0.2, 0.25) is 0 Å². The second-order valence-corrected chi connectivity index (χ2v) is 15.5. The first-order valence-corrected chi connectivity index (χ1v) is 20.1. The van der Waals surface area contributed by atoms with E-state index in [1.54, 1.807) is 0 Å². The zero-order valence-corrected chi connectivity index (χ0v) is 31.7. The number of para-hydroxylation sites is 1. The van der Waals surface area contributed by atoms with E-state index < -0.39 is 5.41 Å². The zero-order valence-electron chi connectivity index (χ0n) is 31.7. The SMILES string of the molecule is C1=C(c2ccccc2)CCC=C1N(c1ccc(-c2ccccc2)cc1)c1cccc2c1Oc1cc3c(cc1O2)C1(c2ccccc2-c2ccccc21)c1ccccc1-3. The number of hydrogen-bond acceptors (Lipinski definition) is 3. The minimum atomic E-state index is -0.460. The summed E-state index contributed by atoms with van der Waals surface area (Å²) < 4.78 is 14.1. The summed E-state index contributed by atoms with van der Waals surface area (Å²) in [5.41, 5.74) is 17.6. The first-order valence-electron chi connectivity index (χ1n) is 20.1. The standard InChI is InChI=1S/C55H37NO2/c1-3-15-36(16-4-1)38-29-31-40(32-30-38)56(41-20-13-19-39(33-41)37-17-5-2-6-18-37)50-27-14-28-51-54(50)58-52-34-45-44-23-9-12-26-48(44)55(49(45)35-53(52)57-51)46-24-10-7-21-42(46)43-22-8-11-25-47(43)55/h1-12,14-18,20-35H,13,19H2. The number of rotatable bonds is 5. The summed E-state index contributed by atoms with van der Waals surface area (Å²) in [6, 6.07) is 67.5. The molecule has 1 spiro atoms.